The fraction of sp³-hybridized carbons (Fsp3) is 0.709. The highest BCUT2D eigenvalue weighted by Crippen LogP contribution is 2.19. The molecule has 2 unspecified atom stereocenters. The van der Waals surface area contributed by atoms with Crippen molar-refractivity contribution in [1.82, 2.24) is 31.9 Å². The number of ether oxygens (including phenoxy) is 5. The van der Waals surface area contributed by atoms with Crippen molar-refractivity contribution < 1.29 is 71.6 Å². The van der Waals surface area contributed by atoms with Crippen LogP contribution in [0.4, 0.5) is 4.79 Å². The Morgan fingerprint density at radius 3 is 1.92 bits per heavy atom. The van der Waals surface area contributed by atoms with E-state index in [0.717, 1.165) is 11.8 Å². The van der Waals surface area contributed by atoms with Gasteiger partial charge in [0.25, 0.3) is 5.91 Å². The first kappa shape index (κ1) is 70.8. The van der Waals surface area contributed by atoms with Gasteiger partial charge in [-0.25, -0.2) is 9.59 Å². The Bertz CT molecular complexity index is 2080. The van der Waals surface area contributed by atoms with Crippen LogP contribution in [-0.4, -0.2) is 157 Å². The average Bonchev–Trinajstić information content (AvgIpc) is 3.33. The molecule has 0 bridgehead atoms. The summed E-state index contributed by atoms with van der Waals surface area (Å²) < 4.78 is 27.9. The van der Waals surface area contributed by atoms with E-state index in [9.17, 15) is 47.9 Å². The van der Waals surface area contributed by atoms with E-state index in [1.807, 2.05) is 20.8 Å². The number of hydrogen-bond acceptors (Lipinski definition) is 17. The molecule has 0 aliphatic heterocycles. The van der Waals surface area contributed by atoms with E-state index in [4.69, 9.17) is 23.7 Å². The van der Waals surface area contributed by atoms with E-state index in [-0.39, 0.29) is 140 Å². The molecule has 0 aliphatic rings. The third-order valence-electron chi connectivity index (χ3n) is 11.1. The first-order valence-corrected chi connectivity index (χ1v) is 29.0. The molecule has 6 amide bonds. The van der Waals surface area contributed by atoms with Crippen LogP contribution in [0.25, 0.3) is 0 Å². The maximum atomic E-state index is 13.4. The second kappa shape index (κ2) is 37.6. The molecule has 1 aromatic carbocycles. The second-order valence-electron chi connectivity index (χ2n) is 21.5. The minimum absolute atomic E-state index is 0.0448. The quantitative estimate of drug-likeness (QED) is 0.0377. The fourth-order valence-electron chi connectivity index (χ4n) is 7.05. The molecule has 21 nitrogen and oxygen atoms in total. The van der Waals surface area contributed by atoms with Crippen LogP contribution in [0.5, 0.6) is 5.75 Å². The molecule has 78 heavy (non-hydrogen) atoms. The van der Waals surface area contributed by atoms with E-state index < -0.39 is 41.2 Å². The number of amides is 6. The largest absolute Gasteiger partial charge is 0.484 e. The molecule has 0 aliphatic carbocycles. The van der Waals surface area contributed by atoms with E-state index in [0.29, 0.717) is 50.3 Å². The number of hydrogen-bond donors (Lipinski definition) is 6. The minimum atomic E-state index is -1.19. The molecule has 0 spiro atoms. The van der Waals surface area contributed by atoms with Gasteiger partial charge in [0.15, 0.2) is 18.2 Å². The lowest BCUT2D eigenvalue weighted by molar-refractivity contribution is -0.147. The van der Waals surface area contributed by atoms with Crippen LogP contribution in [-0.2, 0) is 68.7 Å². The molecule has 0 saturated heterocycles. The standard InChI is InChI=1S/C55H90N6O15S2/c1-14-56-51(69)41(16-15-21-57-49(67)34-78-32-44(59-39(8)62)46(64)24-35(2)3)26-42(63)31-77-33-45(60-53(71)76-54(9,10)11)52(70)75-29-40-17-19-43(20-18-40)74-30-48(66)58-38(7)28-73-23-22-72-27-37(6)25-47(65)55(12,13)61-50(68)36(4)5/h17-20,35-38,41,44-45H,14-16,21-34H2,1-13H3,(H,56,69)(H,57,67)(H,58,66)(H,59,62)(H,60,71)(H,61,68)/t37?,38?,41-,44+,45+/m1/s1. The van der Waals surface area contributed by atoms with Gasteiger partial charge in [0, 0.05) is 75.3 Å². The zero-order chi connectivity index (χ0) is 59.0. The summed E-state index contributed by atoms with van der Waals surface area (Å²) >= 11 is 2.32. The van der Waals surface area contributed by atoms with Gasteiger partial charge in [0.2, 0.25) is 23.6 Å². The summed E-state index contributed by atoms with van der Waals surface area (Å²) in [6.45, 7) is 23.9. The van der Waals surface area contributed by atoms with Gasteiger partial charge in [-0.1, -0.05) is 46.8 Å². The SMILES string of the molecule is CCNC(=O)[C@H](CCCNC(=O)CSC[C@H](NC(C)=O)C(=O)CC(C)C)CC(=O)CSC[C@H](NC(=O)OC(C)(C)C)C(=O)OCc1ccc(OCC(=O)NC(C)COCCOCC(C)CC(=O)C(C)(C)NC(=O)C(C)C)cc1. The normalized spacial score (nSPS) is 13.5. The molecule has 6 N–H and O–H groups in total. The molecule has 442 valence electrons. The first-order valence-electron chi connectivity index (χ1n) is 26.7. The maximum absolute atomic E-state index is 13.4. The van der Waals surface area contributed by atoms with Crippen LogP contribution < -0.4 is 36.6 Å². The fourth-order valence-corrected chi connectivity index (χ4v) is 8.88. The van der Waals surface area contributed by atoms with Gasteiger partial charge in [0.1, 0.15) is 29.8 Å². The van der Waals surface area contributed by atoms with Crippen molar-refractivity contribution in [3.8, 4) is 5.75 Å². The first-order chi connectivity index (χ1) is 36.5. The number of rotatable bonds is 40. The van der Waals surface area contributed by atoms with E-state index in [2.05, 4.69) is 31.9 Å². The summed E-state index contributed by atoms with van der Waals surface area (Å²) in [5.74, 6) is -2.87. The Hall–Kier alpha value is -5.26. The number of thioether (sulfide) groups is 2. The van der Waals surface area contributed by atoms with Crippen LogP contribution in [0.3, 0.4) is 0 Å². The summed E-state index contributed by atoms with van der Waals surface area (Å²) in [6, 6.07) is 4.33. The van der Waals surface area contributed by atoms with Gasteiger partial charge in [-0.05, 0) is 90.8 Å². The second-order valence-corrected chi connectivity index (χ2v) is 23.6. The van der Waals surface area contributed by atoms with Crippen molar-refractivity contribution in [3.63, 3.8) is 0 Å². The van der Waals surface area contributed by atoms with Gasteiger partial charge in [-0.15, -0.1) is 11.8 Å². The number of carbonyl (C=O) groups excluding carboxylic acids is 10. The smallest absolute Gasteiger partial charge is 0.408 e. The Kier molecular flexibility index (Phi) is 34.1. The topological polar surface area (TPSA) is 289 Å². The van der Waals surface area contributed by atoms with Crippen LogP contribution in [0.1, 0.15) is 128 Å². The van der Waals surface area contributed by atoms with E-state index >= 15 is 0 Å². The van der Waals surface area contributed by atoms with Crippen LogP contribution in [0, 0.1) is 23.7 Å². The molecule has 0 heterocycles. The van der Waals surface area contributed by atoms with Crippen LogP contribution >= 0.6 is 23.5 Å². The molecule has 0 aromatic heterocycles. The van der Waals surface area contributed by atoms with Crippen molar-refractivity contribution >= 4 is 82.5 Å². The number of esters is 1. The molecule has 23 heteroatoms. The lowest BCUT2D eigenvalue weighted by Crippen LogP contribution is -2.51. The predicted molar refractivity (Wildman–Crippen MR) is 301 cm³/mol. The number of alkyl carbamates (subject to hydrolysis) is 1. The Labute approximate surface area is 470 Å². The lowest BCUT2D eigenvalue weighted by Gasteiger charge is -2.27. The molecule has 0 radical (unpaired) electrons. The number of carbonyl (C=O) groups is 10. The number of nitrogens with one attached hydrogen (secondary N) is 6. The highest BCUT2D eigenvalue weighted by molar-refractivity contribution is 8.00. The van der Waals surface area contributed by atoms with Gasteiger partial charge in [-0.3, -0.25) is 38.4 Å². The number of ketones is 3. The summed E-state index contributed by atoms with van der Waals surface area (Å²) in [5, 5.41) is 16.4. The van der Waals surface area contributed by atoms with Crippen molar-refractivity contribution in [2.24, 2.45) is 23.7 Å². The van der Waals surface area contributed by atoms with Gasteiger partial charge < -0.3 is 55.6 Å². The summed E-state index contributed by atoms with van der Waals surface area (Å²) in [6.07, 6.45) is 0.347. The molecule has 5 atom stereocenters. The number of Topliss-reactive ketones (excluding diaryl/α,β-unsaturated/α-hetero) is 3. The van der Waals surface area contributed by atoms with Gasteiger partial charge >= 0.3 is 12.1 Å². The predicted octanol–water partition coefficient (Wildman–Crippen LogP) is 4.88. The van der Waals surface area contributed by atoms with E-state index in [1.165, 1.54) is 18.7 Å². The molecule has 1 aromatic rings. The number of benzene rings is 1. The minimum Gasteiger partial charge on any atom is -0.484 e. The Balaban J connectivity index is 2.62. The Morgan fingerprint density at radius 1 is 0.692 bits per heavy atom. The van der Waals surface area contributed by atoms with Crippen molar-refractivity contribution in [2.45, 2.75) is 158 Å². The van der Waals surface area contributed by atoms with Crippen molar-refractivity contribution in [2.75, 3.05) is 69.1 Å². The molecular weight excluding hydrogens is 1050 g/mol. The van der Waals surface area contributed by atoms with Crippen LogP contribution in [0.2, 0.25) is 0 Å². The van der Waals surface area contributed by atoms with Gasteiger partial charge in [-0.2, -0.15) is 11.8 Å². The summed E-state index contributed by atoms with van der Waals surface area (Å²) in [5.41, 5.74) is -1.24. The van der Waals surface area contributed by atoms with Crippen LogP contribution in [0.15, 0.2) is 24.3 Å². The Morgan fingerprint density at radius 2 is 1.32 bits per heavy atom. The average molecular weight is 1140 g/mol. The lowest BCUT2D eigenvalue weighted by atomic mass is 9.91. The zero-order valence-corrected chi connectivity index (χ0v) is 49.9. The maximum Gasteiger partial charge on any atom is 0.408 e. The molecule has 1 rings (SSSR count). The molecule has 0 fully saturated rings. The van der Waals surface area contributed by atoms with Crippen molar-refractivity contribution in [1.29, 1.82) is 0 Å². The molecular formula is C55H90N6O15S2. The van der Waals surface area contributed by atoms with E-state index in [1.54, 1.807) is 86.6 Å². The van der Waals surface area contributed by atoms with Gasteiger partial charge in [0.05, 0.1) is 42.9 Å². The highest BCUT2D eigenvalue weighted by atomic mass is 32.2. The third-order valence-corrected chi connectivity index (χ3v) is 13.2. The van der Waals surface area contributed by atoms with Crippen molar-refractivity contribution in [3.05, 3.63) is 29.8 Å². The highest BCUT2D eigenvalue weighted by Gasteiger charge is 2.31. The zero-order valence-electron chi connectivity index (χ0n) is 48.3. The third kappa shape index (κ3) is 33.2. The monoisotopic (exact) mass is 1140 g/mol. The summed E-state index contributed by atoms with van der Waals surface area (Å²) in [4.78, 5) is 126. The molecule has 0 saturated carbocycles. The summed E-state index contributed by atoms with van der Waals surface area (Å²) in [7, 11) is 0.